The van der Waals surface area contributed by atoms with E-state index in [-0.39, 0.29) is 6.04 Å². The molecule has 0 aliphatic carbocycles. The number of hydrogen-bond acceptors (Lipinski definition) is 4. The standard InChI is InChI=1S/C15H21N3O/c1-4-18(5-2)15-7-6-14(10-16-15)17-12(3)13-8-9-19-11-13/h6-12,17H,4-5H2,1-3H3. The monoisotopic (exact) mass is 259 g/mol. The first-order valence-electron chi connectivity index (χ1n) is 6.74. The Morgan fingerprint density at radius 2 is 2.05 bits per heavy atom. The summed E-state index contributed by atoms with van der Waals surface area (Å²) in [6.07, 6.45) is 5.33. The van der Waals surface area contributed by atoms with Crippen molar-refractivity contribution >= 4 is 11.5 Å². The van der Waals surface area contributed by atoms with Gasteiger partial charge in [-0.05, 0) is 39.0 Å². The fourth-order valence-corrected chi connectivity index (χ4v) is 2.06. The van der Waals surface area contributed by atoms with Gasteiger partial charge >= 0.3 is 0 Å². The first-order chi connectivity index (χ1) is 9.24. The van der Waals surface area contributed by atoms with Gasteiger partial charge in [-0.3, -0.25) is 0 Å². The lowest BCUT2D eigenvalue weighted by atomic mass is 10.2. The lowest BCUT2D eigenvalue weighted by Gasteiger charge is -2.20. The number of hydrogen-bond donors (Lipinski definition) is 1. The van der Waals surface area contributed by atoms with Gasteiger partial charge in [0, 0.05) is 18.7 Å². The van der Waals surface area contributed by atoms with E-state index in [0.717, 1.165) is 30.2 Å². The Labute approximate surface area is 114 Å². The van der Waals surface area contributed by atoms with Crippen LogP contribution in [0.15, 0.2) is 41.3 Å². The Morgan fingerprint density at radius 3 is 2.58 bits per heavy atom. The van der Waals surface area contributed by atoms with Crippen molar-refractivity contribution in [2.45, 2.75) is 26.8 Å². The number of nitrogens with zero attached hydrogens (tertiary/aromatic N) is 2. The van der Waals surface area contributed by atoms with Crippen LogP contribution in [0.3, 0.4) is 0 Å². The summed E-state index contributed by atoms with van der Waals surface area (Å²) in [6.45, 7) is 8.32. The molecule has 0 spiro atoms. The number of nitrogens with one attached hydrogen (secondary N) is 1. The van der Waals surface area contributed by atoms with Gasteiger partial charge in [-0.2, -0.15) is 0 Å². The van der Waals surface area contributed by atoms with Crippen LogP contribution < -0.4 is 10.2 Å². The van der Waals surface area contributed by atoms with E-state index in [1.165, 1.54) is 0 Å². The van der Waals surface area contributed by atoms with Gasteiger partial charge in [-0.15, -0.1) is 0 Å². The normalized spacial score (nSPS) is 12.2. The fourth-order valence-electron chi connectivity index (χ4n) is 2.06. The molecular formula is C15H21N3O. The maximum atomic E-state index is 5.09. The molecular weight excluding hydrogens is 238 g/mol. The molecule has 2 rings (SSSR count). The van der Waals surface area contributed by atoms with Gasteiger partial charge in [-0.1, -0.05) is 0 Å². The summed E-state index contributed by atoms with van der Waals surface area (Å²) >= 11 is 0. The molecule has 1 atom stereocenters. The SMILES string of the molecule is CCN(CC)c1ccc(NC(C)c2ccoc2)cn1. The van der Waals surface area contributed by atoms with Crippen LogP contribution in [0.2, 0.25) is 0 Å². The van der Waals surface area contributed by atoms with Crippen molar-refractivity contribution in [2.75, 3.05) is 23.3 Å². The molecule has 4 heteroatoms. The molecule has 2 aromatic rings. The van der Waals surface area contributed by atoms with Crippen LogP contribution in [-0.4, -0.2) is 18.1 Å². The van der Waals surface area contributed by atoms with E-state index < -0.39 is 0 Å². The molecule has 1 N–H and O–H groups in total. The Hall–Kier alpha value is -1.97. The van der Waals surface area contributed by atoms with E-state index in [0.29, 0.717) is 0 Å². The van der Waals surface area contributed by atoms with Crippen molar-refractivity contribution in [3.05, 3.63) is 42.5 Å². The van der Waals surface area contributed by atoms with E-state index in [2.05, 4.69) is 48.1 Å². The first kappa shape index (κ1) is 13.5. The third kappa shape index (κ3) is 3.28. The van der Waals surface area contributed by atoms with Crippen molar-refractivity contribution in [1.29, 1.82) is 0 Å². The molecule has 0 saturated carbocycles. The number of anilines is 2. The zero-order valence-electron chi connectivity index (χ0n) is 11.8. The zero-order chi connectivity index (χ0) is 13.7. The summed E-state index contributed by atoms with van der Waals surface area (Å²) in [5.74, 6) is 1.02. The Balaban J connectivity index is 2.02. The number of aromatic nitrogens is 1. The summed E-state index contributed by atoms with van der Waals surface area (Å²) in [4.78, 5) is 6.72. The first-order valence-corrected chi connectivity index (χ1v) is 6.74. The smallest absolute Gasteiger partial charge is 0.128 e. The van der Waals surface area contributed by atoms with Gasteiger partial charge in [0.1, 0.15) is 5.82 Å². The number of pyridine rings is 1. The highest BCUT2D eigenvalue weighted by Gasteiger charge is 2.07. The third-order valence-corrected chi connectivity index (χ3v) is 3.26. The molecule has 0 radical (unpaired) electrons. The summed E-state index contributed by atoms with van der Waals surface area (Å²) in [5, 5.41) is 3.41. The number of rotatable bonds is 6. The van der Waals surface area contributed by atoms with Crippen LogP contribution >= 0.6 is 0 Å². The second-order valence-electron chi connectivity index (χ2n) is 4.50. The molecule has 19 heavy (non-hydrogen) atoms. The van der Waals surface area contributed by atoms with Crippen molar-refractivity contribution in [3.8, 4) is 0 Å². The molecule has 0 aliphatic heterocycles. The Bertz CT molecular complexity index is 475. The minimum absolute atomic E-state index is 0.208. The van der Waals surface area contributed by atoms with Gasteiger partial charge < -0.3 is 14.6 Å². The molecule has 2 aromatic heterocycles. The largest absolute Gasteiger partial charge is 0.472 e. The highest BCUT2D eigenvalue weighted by Crippen LogP contribution is 2.20. The lowest BCUT2D eigenvalue weighted by Crippen LogP contribution is -2.22. The van der Waals surface area contributed by atoms with Gasteiger partial charge in [0.25, 0.3) is 0 Å². The number of furan rings is 1. The predicted molar refractivity (Wildman–Crippen MR) is 78.5 cm³/mol. The van der Waals surface area contributed by atoms with Gasteiger partial charge in [0.15, 0.2) is 0 Å². The van der Waals surface area contributed by atoms with Crippen LogP contribution in [0.1, 0.15) is 32.4 Å². The van der Waals surface area contributed by atoms with E-state index in [1.54, 1.807) is 12.5 Å². The molecule has 1 unspecified atom stereocenters. The maximum absolute atomic E-state index is 5.09. The van der Waals surface area contributed by atoms with E-state index in [1.807, 2.05) is 12.3 Å². The molecule has 0 fully saturated rings. The van der Waals surface area contributed by atoms with Crippen molar-refractivity contribution in [3.63, 3.8) is 0 Å². The summed E-state index contributed by atoms with van der Waals surface area (Å²) in [6, 6.07) is 6.30. The molecule has 0 bridgehead atoms. The van der Waals surface area contributed by atoms with E-state index in [4.69, 9.17) is 4.42 Å². The minimum Gasteiger partial charge on any atom is -0.472 e. The molecule has 0 aromatic carbocycles. The van der Waals surface area contributed by atoms with Crippen molar-refractivity contribution in [1.82, 2.24) is 4.98 Å². The average Bonchev–Trinajstić information content (AvgIpc) is 2.96. The lowest BCUT2D eigenvalue weighted by molar-refractivity contribution is 0.562. The second kappa shape index (κ2) is 6.27. The molecule has 4 nitrogen and oxygen atoms in total. The maximum Gasteiger partial charge on any atom is 0.128 e. The van der Waals surface area contributed by atoms with Crippen LogP contribution in [0.5, 0.6) is 0 Å². The molecule has 0 saturated heterocycles. The van der Waals surface area contributed by atoms with Gasteiger partial charge in [-0.25, -0.2) is 4.98 Å². The summed E-state index contributed by atoms with van der Waals surface area (Å²) in [5.41, 5.74) is 2.15. The summed E-state index contributed by atoms with van der Waals surface area (Å²) < 4.78 is 5.09. The van der Waals surface area contributed by atoms with Gasteiger partial charge in [0.05, 0.1) is 30.5 Å². The summed E-state index contributed by atoms with van der Waals surface area (Å²) in [7, 11) is 0. The quantitative estimate of drug-likeness (QED) is 0.859. The van der Waals surface area contributed by atoms with Crippen LogP contribution in [0, 0.1) is 0 Å². The predicted octanol–water partition coefficient (Wildman–Crippen LogP) is 3.69. The third-order valence-electron chi connectivity index (χ3n) is 3.26. The Morgan fingerprint density at radius 1 is 1.26 bits per heavy atom. The highest BCUT2D eigenvalue weighted by molar-refractivity contribution is 5.49. The highest BCUT2D eigenvalue weighted by atomic mass is 16.3. The Kier molecular flexibility index (Phi) is 4.44. The zero-order valence-corrected chi connectivity index (χ0v) is 11.8. The topological polar surface area (TPSA) is 41.3 Å². The molecule has 102 valence electrons. The molecule has 2 heterocycles. The van der Waals surface area contributed by atoms with Crippen molar-refractivity contribution in [2.24, 2.45) is 0 Å². The molecule has 0 aliphatic rings. The minimum atomic E-state index is 0.208. The average molecular weight is 259 g/mol. The fraction of sp³-hybridized carbons (Fsp3) is 0.400. The van der Waals surface area contributed by atoms with E-state index >= 15 is 0 Å². The molecule has 0 amide bonds. The van der Waals surface area contributed by atoms with Crippen LogP contribution in [-0.2, 0) is 0 Å². The van der Waals surface area contributed by atoms with Crippen LogP contribution in [0.25, 0.3) is 0 Å². The second-order valence-corrected chi connectivity index (χ2v) is 4.50. The van der Waals surface area contributed by atoms with Gasteiger partial charge in [0.2, 0.25) is 0 Å². The van der Waals surface area contributed by atoms with Crippen LogP contribution in [0.4, 0.5) is 11.5 Å². The van der Waals surface area contributed by atoms with Crippen molar-refractivity contribution < 1.29 is 4.42 Å². The van der Waals surface area contributed by atoms with E-state index in [9.17, 15) is 0 Å².